The van der Waals surface area contributed by atoms with E-state index >= 15 is 0 Å². The molecule has 0 heterocycles. The minimum absolute atomic E-state index is 0.0394. The van der Waals surface area contributed by atoms with Crippen molar-refractivity contribution in [1.29, 1.82) is 0 Å². The van der Waals surface area contributed by atoms with E-state index in [-0.39, 0.29) is 17.6 Å². The lowest BCUT2D eigenvalue weighted by atomic mass is 9.93. The quantitative estimate of drug-likeness (QED) is 0.769. The van der Waals surface area contributed by atoms with Crippen LogP contribution in [0.25, 0.3) is 0 Å². The van der Waals surface area contributed by atoms with Crippen molar-refractivity contribution in [2.75, 3.05) is 5.32 Å². The molecule has 2 N–H and O–H groups in total. The minimum atomic E-state index is 0.0394. The van der Waals surface area contributed by atoms with E-state index in [1.807, 2.05) is 13.0 Å². The average Bonchev–Trinajstić information content (AvgIpc) is 2.35. The smallest absolute Gasteiger partial charge is 0.227 e. The number of phenols is 1. The van der Waals surface area contributed by atoms with Crippen molar-refractivity contribution in [3.05, 3.63) is 35.9 Å². The second kappa shape index (κ2) is 5.04. The molecule has 0 saturated heterocycles. The van der Waals surface area contributed by atoms with Gasteiger partial charge in [-0.2, -0.15) is 0 Å². The van der Waals surface area contributed by atoms with Crippen LogP contribution in [-0.2, 0) is 4.79 Å². The SMILES string of the molecule is Cc1ccc(NC(=O)C2CC=CCC2)cc1O. The maximum atomic E-state index is 11.9. The van der Waals surface area contributed by atoms with Gasteiger partial charge in [0.15, 0.2) is 0 Å². The molecule has 0 aromatic heterocycles. The number of rotatable bonds is 2. The summed E-state index contributed by atoms with van der Waals surface area (Å²) >= 11 is 0. The summed E-state index contributed by atoms with van der Waals surface area (Å²) in [6.45, 7) is 1.83. The molecule has 1 unspecified atom stereocenters. The van der Waals surface area contributed by atoms with Gasteiger partial charge in [0.25, 0.3) is 0 Å². The summed E-state index contributed by atoms with van der Waals surface area (Å²) in [6, 6.07) is 5.20. The van der Waals surface area contributed by atoms with E-state index in [2.05, 4.69) is 17.5 Å². The number of carbonyl (C=O) groups excluding carboxylic acids is 1. The summed E-state index contributed by atoms with van der Waals surface area (Å²) in [6.07, 6.45) is 6.85. The summed E-state index contributed by atoms with van der Waals surface area (Å²) in [5.41, 5.74) is 1.47. The van der Waals surface area contributed by atoms with Crippen molar-refractivity contribution in [2.45, 2.75) is 26.2 Å². The van der Waals surface area contributed by atoms with E-state index in [0.717, 1.165) is 24.8 Å². The Kier molecular flexibility index (Phi) is 3.47. The molecule has 0 saturated carbocycles. The van der Waals surface area contributed by atoms with Crippen LogP contribution >= 0.6 is 0 Å². The minimum Gasteiger partial charge on any atom is -0.508 e. The molecule has 3 heteroatoms. The van der Waals surface area contributed by atoms with Crippen LogP contribution in [0.3, 0.4) is 0 Å². The Bertz CT molecular complexity index is 452. The van der Waals surface area contributed by atoms with Crippen molar-refractivity contribution < 1.29 is 9.90 Å². The number of amides is 1. The zero-order valence-electron chi connectivity index (χ0n) is 9.94. The lowest BCUT2D eigenvalue weighted by Gasteiger charge is -2.17. The normalized spacial score (nSPS) is 19.0. The Morgan fingerprint density at radius 1 is 1.41 bits per heavy atom. The monoisotopic (exact) mass is 231 g/mol. The first-order valence-electron chi connectivity index (χ1n) is 5.92. The molecule has 1 atom stereocenters. The highest BCUT2D eigenvalue weighted by Crippen LogP contribution is 2.23. The van der Waals surface area contributed by atoms with Crippen molar-refractivity contribution in [3.8, 4) is 5.75 Å². The summed E-state index contributed by atoms with van der Waals surface area (Å²) in [5, 5.41) is 12.4. The third kappa shape index (κ3) is 2.87. The second-order valence-corrected chi connectivity index (χ2v) is 4.47. The van der Waals surface area contributed by atoms with Crippen LogP contribution in [-0.4, -0.2) is 11.0 Å². The first-order valence-corrected chi connectivity index (χ1v) is 5.92. The first kappa shape index (κ1) is 11.7. The lowest BCUT2D eigenvalue weighted by molar-refractivity contribution is -0.120. The molecule has 0 aliphatic heterocycles. The van der Waals surface area contributed by atoms with Gasteiger partial charge in [-0.15, -0.1) is 0 Å². The van der Waals surface area contributed by atoms with Crippen LogP contribution in [0.2, 0.25) is 0 Å². The average molecular weight is 231 g/mol. The third-order valence-corrected chi connectivity index (χ3v) is 3.12. The summed E-state index contributed by atoms with van der Waals surface area (Å²) in [4.78, 5) is 11.9. The highest BCUT2D eigenvalue weighted by atomic mass is 16.3. The van der Waals surface area contributed by atoms with Gasteiger partial charge >= 0.3 is 0 Å². The summed E-state index contributed by atoms with van der Waals surface area (Å²) in [7, 11) is 0. The highest BCUT2D eigenvalue weighted by molar-refractivity contribution is 5.93. The van der Waals surface area contributed by atoms with Gasteiger partial charge in [0.1, 0.15) is 5.75 Å². The van der Waals surface area contributed by atoms with Gasteiger partial charge in [0.2, 0.25) is 5.91 Å². The van der Waals surface area contributed by atoms with Gasteiger partial charge in [-0.1, -0.05) is 18.2 Å². The fourth-order valence-corrected chi connectivity index (χ4v) is 1.96. The molecule has 1 aromatic rings. The Hall–Kier alpha value is -1.77. The van der Waals surface area contributed by atoms with Crippen LogP contribution in [0.15, 0.2) is 30.4 Å². The summed E-state index contributed by atoms with van der Waals surface area (Å²) in [5.74, 6) is 0.312. The van der Waals surface area contributed by atoms with E-state index < -0.39 is 0 Å². The molecule has 0 bridgehead atoms. The predicted octanol–water partition coefficient (Wildman–Crippen LogP) is 3.00. The molecule has 0 radical (unpaired) electrons. The Morgan fingerprint density at radius 2 is 2.24 bits per heavy atom. The number of hydrogen-bond acceptors (Lipinski definition) is 2. The van der Waals surface area contributed by atoms with Crippen molar-refractivity contribution in [1.82, 2.24) is 0 Å². The molecule has 1 aliphatic carbocycles. The van der Waals surface area contributed by atoms with E-state index in [9.17, 15) is 9.90 Å². The fourth-order valence-electron chi connectivity index (χ4n) is 1.96. The van der Waals surface area contributed by atoms with E-state index in [4.69, 9.17) is 0 Å². The maximum absolute atomic E-state index is 11.9. The van der Waals surface area contributed by atoms with Crippen LogP contribution in [0, 0.1) is 12.8 Å². The molecular weight excluding hydrogens is 214 g/mol. The van der Waals surface area contributed by atoms with Gasteiger partial charge in [-0.05, 0) is 37.8 Å². The number of benzene rings is 1. The molecule has 1 amide bonds. The number of aryl methyl sites for hydroxylation is 1. The highest BCUT2D eigenvalue weighted by Gasteiger charge is 2.18. The summed E-state index contributed by atoms with van der Waals surface area (Å²) < 4.78 is 0. The Balaban J connectivity index is 2.02. The fraction of sp³-hybridized carbons (Fsp3) is 0.357. The van der Waals surface area contributed by atoms with E-state index in [0.29, 0.717) is 5.69 Å². The number of anilines is 1. The van der Waals surface area contributed by atoms with Crippen LogP contribution < -0.4 is 5.32 Å². The van der Waals surface area contributed by atoms with Gasteiger partial charge in [-0.3, -0.25) is 4.79 Å². The number of allylic oxidation sites excluding steroid dienone is 2. The standard InChI is InChI=1S/C14H17NO2/c1-10-7-8-12(9-13(10)16)15-14(17)11-5-3-2-4-6-11/h2-3,7-9,11,16H,4-6H2,1H3,(H,15,17). The van der Waals surface area contributed by atoms with Gasteiger partial charge in [0.05, 0.1) is 0 Å². The van der Waals surface area contributed by atoms with Gasteiger partial charge in [-0.25, -0.2) is 0 Å². The predicted molar refractivity (Wildman–Crippen MR) is 68.0 cm³/mol. The molecule has 90 valence electrons. The zero-order chi connectivity index (χ0) is 12.3. The first-order chi connectivity index (χ1) is 8.16. The number of carbonyl (C=O) groups is 1. The van der Waals surface area contributed by atoms with Crippen molar-refractivity contribution >= 4 is 11.6 Å². The zero-order valence-corrected chi connectivity index (χ0v) is 9.94. The topological polar surface area (TPSA) is 49.3 Å². The molecule has 2 rings (SSSR count). The van der Waals surface area contributed by atoms with E-state index in [1.54, 1.807) is 12.1 Å². The van der Waals surface area contributed by atoms with Crippen molar-refractivity contribution in [2.24, 2.45) is 5.92 Å². The number of nitrogens with one attached hydrogen (secondary N) is 1. The Morgan fingerprint density at radius 3 is 2.88 bits per heavy atom. The Labute approximate surface area is 101 Å². The molecule has 3 nitrogen and oxygen atoms in total. The largest absolute Gasteiger partial charge is 0.508 e. The molecule has 1 aromatic carbocycles. The van der Waals surface area contributed by atoms with Gasteiger partial charge in [0, 0.05) is 17.7 Å². The molecular formula is C14H17NO2. The lowest BCUT2D eigenvalue weighted by Crippen LogP contribution is -2.23. The molecule has 0 fully saturated rings. The number of aromatic hydroxyl groups is 1. The second-order valence-electron chi connectivity index (χ2n) is 4.47. The molecule has 1 aliphatic rings. The van der Waals surface area contributed by atoms with Crippen LogP contribution in [0.4, 0.5) is 5.69 Å². The molecule has 17 heavy (non-hydrogen) atoms. The van der Waals surface area contributed by atoms with Gasteiger partial charge < -0.3 is 10.4 Å². The molecule has 0 spiro atoms. The third-order valence-electron chi connectivity index (χ3n) is 3.12. The van der Waals surface area contributed by atoms with Crippen molar-refractivity contribution in [3.63, 3.8) is 0 Å². The van der Waals surface area contributed by atoms with Crippen LogP contribution in [0.5, 0.6) is 5.75 Å². The van der Waals surface area contributed by atoms with E-state index in [1.165, 1.54) is 0 Å². The maximum Gasteiger partial charge on any atom is 0.227 e. The number of phenolic OH excluding ortho intramolecular Hbond substituents is 1. The number of hydrogen-bond donors (Lipinski definition) is 2. The van der Waals surface area contributed by atoms with Crippen LogP contribution in [0.1, 0.15) is 24.8 Å².